The van der Waals surface area contributed by atoms with E-state index < -0.39 is 8.80 Å². The van der Waals surface area contributed by atoms with Crippen molar-refractivity contribution in [3.05, 3.63) is 329 Å². The lowest BCUT2D eigenvalue weighted by molar-refractivity contribution is 0.338. The van der Waals surface area contributed by atoms with Crippen LogP contribution >= 0.6 is 0 Å². The maximum atomic E-state index is 6.55. The predicted octanol–water partition coefficient (Wildman–Crippen LogP) is 22.5. The van der Waals surface area contributed by atoms with E-state index in [1.807, 2.05) is 12.2 Å². The summed E-state index contributed by atoms with van der Waals surface area (Å²) in [6, 6.07) is 62.9. The first kappa shape index (κ1) is 58.7. The van der Waals surface area contributed by atoms with Gasteiger partial charge in [0.05, 0.1) is 17.6 Å². The van der Waals surface area contributed by atoms with Gasteiger partial charge >= 0.3 is 0 Å². The van der Waals surface area contributed by atoms with E-state index in [1.54, 1.807) is 0 Å². The predicted molar refractivity (Wildman–Crippen MR) is 387 cm³/mol. The molecular formula is C86H84N2OSi. The van der Waals surface area contributed by atoms with Crippen LogP contribution < -0.4 is 9.64 Å². The summed E-state index contributed by atoms with van der Waals surface area (Å²) < 4.78 is 9.00. The second kappa shape index (κ2) is 25.1. The fraction of sp³-hybridized carbons (Fsp3) is 0.233. The zero-order chi connectivity index (χ0) is 61.3. The molecule has 4 heteroatoms. The van der Waals surface area contributed by atoms with Gasteiger partial charge in [0.2, 0.25) is 0 Å². The summed E-state index contributed by atoms with van der Waals surface area (Å²) in [4.78, 5) is 2.67. The van der Waals surface area contributed by atoms with E-state index in [0.717, 1.165) is 76.2 Å². The van der Waals surface area contributed by atoms with Crippen LogP contribution in [0.3, 0.4) is 0 Å². The molecule has 14 rings (SSSR count). The van der Waals surface area contributed by atoms with Gasteiger partial charge in [-0.05, 0) is 226 Å². The third kappa shape index (κ3) is 11.4. The highest BCUT2D eigenvalue weighted by atomic mass is 28.3. The van der Waals surface area contributed by atoms with Gasteiger partial charge in [0, 0.05) is 53.7 Å². The molecule has 0 bridgehead atoms. The number of allylic oxidation sites excluding steroid dienone is 22. The monoisotopic (exact) mass is 1190 g/mol. The Morgan fingerprint density at radius 2 is 1.34 bits per heavy atom. The topological polar surface area (TPSA) is 17.4 Å². The van der Waals surface area contributed by atoms with Crippen molar-refractivity contribution in [1.29, 1.82) is 0 Å². The largest absolute Gasteiger partial charge is 0.494 e. The van der Waals surface area contributed by atoms with Crippen LogP contribution in [0.4, 0.5) is 5.69 Å². The Morgan fingerprint density at radius 1 is 0.633 bits per heavy atom. The molecule has 7 aromatic carbocycles. The molecule has 3 nitrogen and oxygen atoms in total. The maximum Gasteiger partial charge on any atom is 0.119 e. The Bertz CT molecular complexity index is 4420. The molecule has 8 aromatic rings. The molecule has 4 unspecified atom stereocenters. The van der Waals surface area contributed by atoms with Crippen molar-refractivity contribution in [2.45, 2.75) is 114 Å². The second-order valence-electron chi connectivity index (χ2n) is 27.0. The first-order valence-corrected chi connectivity index (χ1v) is 36.0. The van der Waals surface area contributed by atoms with Crippen molar-refractivity contribution in [2.75, 3.05) is 11.5 Å². The van der Waals surface area contributed by atoms with Crippen LogP contribution in [0, 0.1) is 5.92 Å². The Morgan fingerprint density at radius 3 is 2.01 bits per heavy atom. The molecule has 0 radical (unpaired) electrons. The first-order valence-electron chi connectivity index (χ1n) is 33.2. The minimum atomic E-state index is -1.26. The molecule has 6 aliphatic rings. The van der Waals surface area contributed by atoms with Crippen molar-refractivity contribution >= 4 is 47.4 Å². The highest BCUT2D eigenvalue weighted by Gasteiger charge is 2.45. The molecular weight excluding hydrogens is 1110 g/mol. The number of anilines is 1. The van der Waals surface area contributed by atoms with Crippen LogP contribution in [-0.2, 0) is 10.8 Å². The smallest absolute Gasteiger partial charge is 0.119 e. The quantitative estimate of drug-likeness (QED) is 0.0629. The number of fused-ring (bicyclic) bond motifs is 6. The summed E-state index contributed by atoms with van der Waals surface area (Å²) in [6.07, 6.45) is 43.5. The average Bonchev–Trinajstić information content (AvgIpc) is 1.56. The lowest BCUT2D eigenvalue weighted by Crippen LogP contribution is -2.30. The molecule has 0 amide bonds. The molecule has 0 spiro atoms. The fourth-order valence-corrected chi connectivity index (χ4v) is 16.8. The SMILES string of the molecule is C=CC1=CCC(c2ccc(OCC[SiH](C)CCC3(c4ccc(C(C)(C)C)cc4)c4ccccc4-c4ccc(N(C5=CC=C(C6=CC=CCC6)CC5)C5=CC=C(c6ccc7c(c6)c6cc(C8=CCC(C=C)C=C8)ccc6n7-c6ccccc6)CC5)cc43)cc2)C=C1. The summed E-state index contributed by atoms with van der Waals surface area (Å²) >= 11 is 0. The maximum absolute atomic E-state index is 6.55. The zero-order valence-corrected chi connectivity index (χ0v) is 54.3. The molecule has 0 N–H and O–H groups in total. The van der Waals surface area contributed by atoms with Gasteiger partial charge in [0.15, 0.2) is 0 Å². The number of aromatic nitrogens is 1. The number of hydrogen-bond acceptors (Lipinski definition) is 2. The molecule has 1 heterocycles. The summed E-state index contributed by atoms with van der Waals surface area (Å²) in [6.45, 7) is 18.3. The van der Waals surface area contributed by atoms with Gasteiger partial charge in [-0.15, -0.1) is 6.58 Å². The second-order valence-corrected chi connectivity index (χ2v) is 30.3. The third-order valence-electron chi connectivity index (χ3n) is 20.4. The number of ether oxygens (including phenoxy) is 1. The Kier molecular flexibility index (Phi) is 16.4. The van der Waals surface area contributed by atoms with Crippen LogP contribution in [0.1, 0.15) is 123 Å². The standard InChI is InChI=1S/C86H84N2OSi/c1-7-60-23-27-63(28-24-60)65-35-48-76(49-36-65)89-54-56-90(6)55-53-86(71-41-39-70(40-42-71)85(3,4)5)81-22-16-15-21-77(81)78-50-47-75(59-82(78)86)87(73-43-31-64(32-44-73)62-17-11-9-12-18-62)74-45-33-67(34-46-74)69-38-52-84-80(58-69)79-57-68(66-29-25-61(8-2)26-30-66)37-51-83(79)88(84)72-19-13-10-14-20-72/h7-11,13-17,19-25,27,29-31,33,35-43,45,47-52,57-59,61,63,90H,1-2,12,18,26,28,32,34,44,46,53-56H2,3-6H3. The highest BCUT2D eigenvalue weighted by molar-refractivity contribution is 6.57. The summed E-state index contributed by atoms with van der Waals surface area (Å²) in [7, 11) is -1.26. The summed E-state index contributed by atoms with van der Waals surface area (Å²) in [5.74, 6) is 1.74. The minimum Gasteiger partial charge on any atom is -0.494 e. The highest BCUT2D eigenvalue weighted by Crippen LogP contribution is 2.57. The Hall–Kier alpha value is -8.96. The van der Waals surface area contributed by atoms with Crippen LogP contribution in [-0.4, -0.2) is 20.0 Å². The number of para-hydroxylation sites is 1. The molecule has 0 saturated heterocycles. The van der Waals surface area contributed by atoms with E-state index in [4.69, 9.17) is 4.74 Å². The van der Waals surface area contributed by atoms with Crippen LogP contribution in [0.5, 0.6) is 5.75 Å². The van der Waals surface area contributed by atoms with Gasteiger partial charge in [-0.1, -0.05) is 216 Å². The zero-order valence-electron chi connectivity index (χ0n) is 53.1. The van der Waals surface area contributed by atoms with Gasteiger partial charge in [-0.25, -0.2) is 0 Å². The fourth-order valence-electron chi connectivity index (χ4n) is 15.1. The molecule has 1 aromatic heterocycles. The average molecular weight is 1190 g/mol. The van der Waals surface area contributed by atoms with E-state index >= 15 is 0 Å². The van der Waals surface area contributed by atoms with E-state index in [0.29, 0.717) is 11.8 Å². The third-order valence-corrected chi connectivity index (χ3v) is 22.9. The minimum absolute atomic E-state index is 0.0427. The van der Waals surface area contributed by atoms with Gasteiger partial charge in [-0.3, -0.25) is 0 Å². The van der Waals surface area contributed by atoms with Gasteiger partial charge in [0.25, 0.3) is 0 Å². The van der Waals surface area contributed by atoms with Crippen molar-refractivity contribution in [1.82, 2.24) is 4.57 Å². The Balaban J connectivity index is 0.820. The van der Waals surface area contributed by atoms with Crippen LogP contribution in [0.2, 0.25) is 18.6 Å². The molecule has 448 valence electrons. The summed E-state index contributed by atoms with van der Waals surface area (Å²) in [5.41, 5.74) is 26.3. The van der Waals surface area contributed by atoms with Crippen molar-refractivity contribution in [3.8, 4) is 22.6 Å². The van der Waals surface area contributed by atoms with Crippen molar-refractivity contribution in [3.63, 3.8) is 0 Å². The molecule has 0 saturated carbocycles. The number of nitrogens with zero attached hydrogens (tertiary/aromatic N) is 2. The van der Waals surface area contributed by atoms with E-state index in [9.17, 15) is 0 Å². The lowest BCUT2D eigenvalue weighted by atomic mass is 9.70. The summed E-state index contributed by atoms with van der Waals surface area (Å²) in [5, 5.41) is 2.56. The number of benzene rings is 7. The molecule has 90 heavy (non-hydrogen) atoms. The van der Waals surface area contributed by atoms with E-state index in [2.05, 4.69) is 287 Å². The van der Waals surface area contributed by atoms with Crippen LogP contribution in [0.25, 0.3) is 49.8 Å². The molecule has 4 atom stereocenters. The number of rotatable bonds is 18. The van der Waals surface area contributed by atoms with Crippen LogP contribution in [0.15, 0.2) is 290 Å². The van der Waals surface area contributed by atoms with Gasteiger partial charge in [-0.2, -0.15) is 0 Å². The Labute approximate surface area is 536 Å². The number of hydrogen-bond donors (Lipinski definition) is 0. The first-order chi connectivity index (χ1) is 44.0. The normalized spacial score (nSPS) is 19.8. The van der Waals surface area contributed by atoms with Gasteiger partial charge in [0.1, 0.15) is 5.75 Å². The van der Waals surface area contributed by atoms with Crippen molar-refractivity contribution in [2.24, 2.45) is 5.92 Å². The van der Waals surface area contributed by atoms with E-state index in [1.165, 1.54) is 129 Å². The lowest BCUT2D eigenvalue weighted by Gasteiger charge is -2.37. The van der Waals surface area contributed by atoms with Crippen molar-refractivity contribution < 1.29 is 4.74 Å². The molecule has 0 fully saturated rings. The van der Waals surface area contributed by atoms with E-state index in [-0.39, 0.29) is 10.8 Å². The van der Waals surface area contributed by atoms with Gasteiger partial charge < -0.3 is 14.2 Å². The molecule has 6 aliphatic carbocycles. The molecule has 0 aliphatic heterocycles.